The summed E-state index contributed by atoms with van der Waals surface area (Å²) in [6.07, 6.45) is 5.34. The summed E-state index contributed by atoms with van der Waals surface area (Å²) < 4.78 is 10.8. The van der Waals surface area contributed by atoms with Gasteiger partial charge in [0.25, 0.3) is 0 Å². The molecule has 3 nitrogen and oxygen atoms in total. The first kappa shape index (κ1) is 12.8. The highest BCUT2D eigenvalue weighted by molar-refractivity contribution is 5.45. The van der Waals surface area contributed by atoms with Gasteiger partial charge < -0.3 is 14.8 Å². The summed E-state index contributed by atoms with van der Waals surface area (Å²) in [4.78, 5) is 0. The Kier molecular flexibility index (Phi) is 3.65. The van der Waals surface area contributed by atoms with Crippen LogP contribution >= 0.6 is 0 Å². The number of benzene rings is 1. The molecule has 19 heavy (non-hydrogen) atoms. The van der Waals surface area contributed by atoms with Gasteiger partial charge in [-0.25, -0.2) is 0 Å². The van der Waals surface area contributed by atoms with Crippen molar-refractivity contribution in [3.8, 4) is 11.5 Å². The van der Waals surface area contributed by atoms with Crippen LogP contribution in [0.3, 0.4) is 0 Å². The number of hydrogen-bond donors (Lipinski definition) is 1. The first-order valence-corrected chi connectivity index (χ1v) is 7.38. The summed E-state index contributed by atoms with van der Waals surface area (Å²) >= 11 is 0. The molecule has 1 saturated carbocycles. The Bertz CT molecular complexity index is 446. The molecule has 0 bridgehead atoms. The van der Waals surface area contributed by atoms with Crippen molar-refractivity contribution >= 4 is 0 Å². The second kappa shape index (κ2) is 5.41. The van der Waals surface area contributed by atoms with Crippen molar-refractivity contribution in [3.05, 3.63) is 23.8 Å². The molecule has 1 aliphatic heterocycles. The molecule has 1 fully saturated rings. The standard InChI is InChI=1S/C16H23NO2/c1-11-4-3-5-14(8-11)17-12(2)13-6-7-15-16(9-13)19-10-18-15/h6-7,9,11-12,14,17H,3-5,8,10H2,1-2H3. The van der Waals surface area contributed by atoms with E-state index in [0.29, 0.717) is 18.9 Å². The minimum atomic E-state index is 0.348. The predicted molar refractivity (Wildman–Crippen MR) is 75.5 cm³/mol. The van der Waals surface area contributed by atoms with E-state index in [2.05, 4.69) is 31.3 Å². The van der Waals surface area contributed by atoms with E-state index in [4.69, 9.17) is 9.47 Å². The van der Waals surface area contributed by atoms with Gasteiger partial charge in [0.15, 0.2) is 11.5 Å². The summed E-state index contributed by atoms with van der Waals surface area (Å²) in [7, 11) is 0. The smallest absolute Gasteiger partial charge is 0.231 e. The molecule has 3 heteroatoms. The molecule has 0 amide bonds. The molecule has 1 aromatic carbocycles. The molecule has 3 atom stereocenters. The normalized spacial score (nSPS) is 27.3. The van der Waals surface area contributed by atoms with Crippen molar-refractivity contribution in [2.24, 2.45) is 5.92 Å². The average molecular weight is 261 g/mol. The van der Waals surface area contributed by atoms with Gasteiger partial charge in [-0.3, -0.25) is 0 Å². The van der Waals surface area contributed by atoms with Crippen molar-refractivity contribution in [2.45, 2.75) is 51.6 Å². The minimum Gasteiger partial charge on any atom is -0.454 e. The van der Waals surface area contributed by atoms with Gasteiger partial charge >= 0.3 is 0 Å². The monoisotopic (exact) mass is 261 g/mol. The SMILES string of the molecule is CC1CCCC(NC(C)c2ccc3c(c2)OCO3)C1. The Labute approximate surface area is 115 Å². The molecule has 1 N–H and O–H groups in total. The molecular formula is C16H23NO2. The second-order valence-corrected chi connectivity index (χ2v) is 5.97. The third kappa shape index (κ3) is 2.86. The first-order chi connectivity index (χ1) is 9.22. The second-order valence-electron chi connectivity index (χ2n) is 5.97. The van der Waals surface area contributed by atoms with Crippen LogP contribution in [0.15, 0.2) is 18.2 Å². The molecular weight excluding hydrogens is 238 g/mol. The van der Waals surface area contributed by atoms with Crippen LogP contribution in [0.4, 0.5) is 0 Å². The summed E-state index contributed by atoms with van der Waals surface area (Å²) in [6.45, 7) is 4.94. The highest BCUT2D eigenvalue weighted by Gasteiger charge is 2.21. The van der Waals surface area contributed by atoms with Crippen LogP contribution in [0.2, 0.25) is 0 Å². The molecule has 0 aromatic heterocycles. The Morgan fingerprint density at radius 3 is 2.89 bits per heavy atom. The molecule has 0 saturated heterocycles. The van der Waals surface area contributed by atoms with Crippen LogP contribution in [-0.4, -0.2) is 12.8 Å². The zero-order valence-electron chi connectivity index (χ0n) is 11.8. The zero-order chi connectivity index (χ0) is 13.2. The first-order valence-electron chi connectivity index (χ1n) is 7.38. The van der Waals surface area contributed by atoms with E-state index < -0.39 is 0 Å². The van der Waals surface area contributed by atoms with Crippen LogP contribution in [-0.2, 0) is 0 Å². The van der Waals surface area contributed by atoms with Gasteiger partial charge in [-0.15, -0.1) is 0 Å². The maximum Gasteiger partial charge on any atom is 0.231 e. The van der Waals surface area contributed by atoms with Gasteiger partial charge in [-0.05, 0) is 43.4 Å². The summed E-state index contributed by atoms with van der Waals surface area (Å²) in [6, 6.07) is 7.28. The van der Waals surface area contributed by atoms with Crippen molar-refractivity contribution in [3.63, 3.8) is 0 Å². The molecule has 1 heterocycles. The van der Waals surface area contributed by atoms with Crippen LogP contribution < -0.4 is 14.8 Å². The number of fused-ring (bicyclic) bond motifs is 1. The predicted octanol–water partition coefficient (Wildman–Crippen LogP) is 3.64. The van der Waals surface area contributed by atoms with E-state index in [1.165, 1.54) is 31.2 Å². The maximum atomic E-state index is 5.45. The fraction of sp³-hybridized carbons (Fsp3) is 0.625. The van der Waals surface area contributed by atoms with Crippen LogP contribution in [0.5, 0.6) is 11.5 Å². The van der Waals surface area contributed by atoms with Crippen molar-refractivity contribution in [1.82, 2.24) is 5.32 Å². The molecule has 3 unspecified atom stereocenters. The van der Waals surface area contributed by atoms with Gasteiger partial charge in [0.1, 0.15) is 0 Å². The van der Waals surface area contributed by atoms with E-state index in [9.17, 15) is 0 Å². The van der Waals surface area contributed by atoms with E-state index in [1.54, 1.807) is 0 Å². The molecule has 0 radical (unpaired) electrons. The van der Waals surface area contributed by atoms with Crippen LogP contribution in [0, 0.1) is 5.92 Å². The fourth-order valence-electron chi connectivity index (χ4n) is 3.22. The topological polar surface area (TPSA) is 30.5 Å². The zero-order valence-corrected chi connectivity index (χ0v) is 11.8. The highest BCUT2D eigenvalue weighted by Crippen LogP contribution is 2.34. The Balaban J connectivity index is 1.65. The number of hydrogen-bond acceptors (Lipinski definition) is 3. The lowest BCUT2D eigenvalue weighted by Crippen LogP contribution is -2.35. The number of ether oxygens (including phenoxy) is 2. The summed E-state index contributed by atoms with van der Waals surface area (Å²) in [5.41, 5.74) is 1.28. The molecule has 104 valence electrons. The molecule has 1 aromatic rings. The van der Waals surface area contributed by atoms with Crippen LogP contribution in [0.25, 0.3) is 0 Å². The largest absolute Gasteiger partial charge is 0.454 e. The Hall–Kier alpha value is -1.22. The molecule has 0 spiro atoms. The molecule has 2 aliphatic rings. The Morgan fingerprint density at radius 1 is 1.21 bits per heavy atom. The van der Waals surface area contributed by atoms with Gasteiger partial charge in [-0.1, -0.05) is 25.8 Å². The van der Waals surface area contributed by atoms with E-state index in [-0.39, 0.29) is 0 Å². The highest BCUT2D eigenvalue weighted by atomic mass is 16.7. The van der Waals surface area contributed by atoms with Gasteiger partial charge in [0.05, 0.1) is 0 Å². The molecule has 3 rings (SSSR count). The number of rotatable bonds is 3. The van der Waals surface area contributed by atoms with E-state index in [0.717, 1.165) is 17.4 Å². The van der Waals surface area contributed by atoms with Gasteiger partial charge in [0, 0.05) is 12.1 Å². The lowest BCUT2D eigenvalue weighted by atomic mass is 9.86. The summed E-state index contributed by atoms with van der Waals surface area (Å²) in [5.74, 6) is 2.60. The quantitative estimate of drug-likeness (QED) is 0.901. The van der Waals surface area contributed by atoms with Crippen molar-refractivity contribution in [2.75, 3.05) is 6.79 Å². The number of nitrogens with one attached hydrogen (secondary N) is 1. The maximum absolute atomic E-state index is 5.45. The van der Waals surface area contributed by atoms with Crippen molar-refractivity contribution < 1.29 is 9.47 Å². The lowest BCUT2D eigenvalue weighted by molar-refractivity contribution is 0.174. The Morgan fingerprint density at radius 2 is 2.05 bits per heavy atom. The average Bonchev–Trinajstić information content (AvgIpc) is 2.85. The molecule has 1 aliphatic carbocycles. The van der Waals surface area contributed by atoms with Crippen LogP contribution in [0.1, 0.15) is 51.1 Å². The fourth-order valence-corrected chi connectivity index (χ4v) is 3.22. The minimum absolute atomic E-state index is 0.348. The van der Waals surface area contributed by atoms with Gasteiger partial charge in [-0.2, -0.15) is 0 Å². The lowest BCUT2D eigenvalue weighted by Gasteiger charge is -2.30. The third-order valence-corrected chi connectivity index (χ3v) is 4.32. The van der Waals surface area contributed by atoms with E-state index in [1.807, 2.05) is 6.07 Å². The third-order valence-electron chi connectivity index (χ3n) is 4.32. The van der Waals surface area contributed by atoms with Gasteiger partial charge in [0.2, 0.25) is 6.79 Å². The van der Waals surface area contributed by atoms with E-state index >= 15 is 0 Å². The summed E-state index contributed by atoms with van der Waals surface area (Å²) in [5, 5.41) is 3.76. The van der Waals surface area contributed by atoms with Crippen molar-refractivity contribution in [1.29, 1.82) is 0 Å².